The third-order valence-corrected chi connectivity index (χ3v) is 3.62. The van der Waals surface area contributed by atoms with Gasteiger partial charge in [0.2, 0.25) is 5.91 Å². The third-order valence-electron chi connectivity index (χ3n) is 3.62. The van der Waals surface area contributed by atoms with Crippen molar-refractivity contribution >= 4 is 11.8 Å². The number of nitrogens with two attached hydrogens (primary N) is 1. The van der Waals surface area contributed by atoms with Crippen LogP contribution < -0.4 is 11.1 Å². The summed E-state index contributed by atoms with van der Waals surface area (Å²) in [4.78, 5) is 23.8. The fraction of sp³-hybridized carbons (Fsp3) is 0.167. The van der Waals surface area contributed by atoms with E-state index in [1.54, 1.807) is 24.3 Å². The molecule has 0 fully saturated rings. The summed E-state index contributed by atoms with van der Waals surface area (Å²) in [5.74, 6) is -1.66. The molecule has 0 unspecified atom stereocenters. The van der Waals surface area contributed by atoms with Crippen molar-refractivity contribution in [3.8, 4) is 6.07 Å². The number of carbonyl (C=O) groups excluding carboxylic acids is 2. The summed E-state index contributed by atoms with van der Waals surface area (Å²) in [7, 11) is 0. The minimum Gasteiger partial charge on any atom is -0.368 e. The predicted molar refractivity (Wildman–Crippen MR) is 86.8 cm³/mol. The molecule has 0 aliphatic rings. The normalized spacial score (nSPS) is 12.1. The maximum absolute atomic E-state index is 12.7. The second-order valence-corrected chi connectivity index (χ2v) is 5.52. The van der Waals surface area contributed by atoms with Gasteiger partial charge in [-0.3, -0.25) is 9.59 Å². The second-order valence-electron chi connectivity index (χ2n) is 5.52. The van der Waals surface area contributed by atoms with Crippen molar-refractivity contribution in [2.75, 3.05) is 0 Å². The van der Waals surface area contributed by atoms with Crippen molar-refractivity contribution in [2.45, 2.75) is 18.6 Å². The molecule has 2 rings (SSSR count). The van der Waals surface area contributed by atoms with Crippen molar-refractivity contribution < 1.29 is 22.8 Å². The number of primary amides is 1. The fourth-order valence-corrected chi connectivity index (χ4v) is 2.25. The van der Waals surface area contributed by atoms with Crippen LogP contribution >= 0.6 is 0 Å². The molecule has 0 radical (unpaired) electrons. The molecule has 2 aromatic carbocycles. The number of hydrogen-bond donors (Lipinski definition) is 2. The van der Waals surface area contributed by atoms with Crippen LogP contribution in [0.2, 0.25) is 0 Å². The minimum atomic E-state index is -4.58. The molecule has 0 aliphatic carbocycles. The van der Waals surface area contributed by atoms with E-state index in [9.17, 15) is 22.8 Å². The van der Waals surface area contributed by atoms with Crippen molar-refractivity contribution in [3.63, 3.8) is 0 Å². The largest absolute Gasteiger partial charge is 0.416 e. The number of benzene rings is 2. The van der Waals surface area contributed by atoms with Gasteiger partial charge in [0.1, 0.15) is 6.04 Å². The van der Waals surface area contributed by atoms with Crippen LogP contribution in [0.1, 0.15) is 27.0 Å². The Bertz CT molecular complexity index is 855. The lowest BCUT2D eigenvalue weighted by Gasteiger charge is -2.16. The number of alkyl halides is 3. The van der Waals surface area contributed by atoms with E-state index in [1.165, 1.54) is 6.07 Å². The van der Waals surface area contributed by atoms with E-state index >= 15 is 0 Å². The van der Waals surface area contributed by atoms with Gasteiger partial charge in [0, 0.05) is 12.0 Å². The van der Waals surface area contributed by atoms with E-state index in [0.717, 1.165) is 12.1 Å². The van der Waals surface area contributed by atoms with Gasteiger partial charge in [-0.2, -0.15) is 18.4 Å². The average Bonchev–Trinajstić information content (AvgIpc) is 2.61. The molecule has 5 nitrogen and oxygen atoms in total. The van der Waals surface area contributed by atoms with E-state index in [2.05, 4.69) is 5.32 Å². The van der Waals surface area contributed by atoms with Crippen LogP contribution in [0.3, 0.4) is 0 Å². The van der Waals surface area contributed by atoms with Crippen LogP contribution in [0.4, 0.5) is 13.2 Å². The highest BCUT2D eigenvalue weighted by Gasteiger charge is 2.31. The average molecular weight is 361 g/mol. The number of nitriles is 1. The highest BCUT2D eigenvalue weighted by atomic mass is 19.4. The Morgan fingerprint density at radius 1 is 1.15 bits per heavy atom. The Kier molecular flexibility index (Phi) is 5.62. The molecule has 0 spiro atoms. The smallest absolute Gasteiger partial charge is 0.368 e. The number of halogens is 3. The van der Waals surface area contributed by atoms with Crippen LogP contribution in [0.15, 0.2) is 48.5 Å². The van der Waals surface area contributed by atoms with Gasteiger partial charge in [0.25, 0.3) is 5.91 Å². The molecule has 2 aromatic rings. The molecule has 3 N–H and O–H groups in total. The summed E-state index contributed by atoms with van der Waals surface area (Å²) in [5.41, 5.74) is 5.15. The number of hydrogen-bond acceptors (Lipinski definition) is 3. The van der Waals surface area contributed by atoms with Crippen LogP contribution in [0.25, 0.3) is 0 Å². The molecule has 0 aliphatic heterocycles. The van der Waals surface area contributed by atoms with Crippen LogP contribution in [0, 0.1) is 11.3 Å². The van der Waals surface area contributed by atoms with Crippen molar-refractivity contribution in [1.82, 2.24) is 5.32 Å². The molecular formula is C18H14F3N3O2. The molecule has 8 heteroatoms. The van der Waals surface area contributed by atoms with E-state index in [4.69, 9.17) is 11.0 Å². The molecule has 0 heterocycles. The highest BCUT2D eigenvalue weighted by molar-refractivity contribution is 5.97. The lowest BCUT2D eigenvalue weighted by atomic mass is 10.0. The molecule has 0 saturated heterocycles. The predicted octanol–water partition coefficient (Wildman–Crippen LogP) is 2.40. The number of nitrogens with zero attached hydrogens (tertiary/aromatic N) is 1. The summed E-state index contributed by atoms with van der Waals surface area (Å²) in [6.07, 6.45) is -4.53. The summed E-state index contributed by atoms with van der Waals surface area (Å²) in [6.45, 7) is 0. The van der Waals surface area contributed by atoms with Crippen molar-refractivity contribution in [2.24, 2.45) is 5.73 Å². The van der Waals surface area contributed by atoms with E-state index < -0.39 is 29.6 Å². The topological polar surface area (TPSA) is 96.0 Å². The Morgan fingerprint density at radius 2 is 1.81 bits per heavy atom. The summed E-state index contributed by atoms with van der Waals surface area (Å²) in [6, 6.07) is 11.0. The first kappa shape index (κ1) is 19.0. The highest BCUT2D eigenvalue weighted by Crippen LogP contribution is 2.29. The Morgan fingerprint density at radius 3 is 2.35 bits per heavy atom. The van der Waals surface area contributed by atoms with E-state index in [-0.39, 0.29) is 12.0 Å². The molecule has 134 valence electrons. The molecular weight excluding hydrogens is 347 g/mol. The van der Waals surface area contributed by atoms with Gasteiger partial charge in [-0.15, -0.1) is 0 Å². The molecule has 0 bridgehead atoms. The van der Waals surface area contributed by atoms with Crippen molar-refractivity contribution in [3.05, 3.63) is 70.8 Å². The molecule has 0 aromatic heterocycles. The molecule has 2 amide bonds. The van der Waals surface area contributed by atoms with Crippen LogP contribution in [-0.4, -0.2) is 17.9 Å². The maximum atomic E-state index is 12.7. The Hall–Kier alpha value is -3.34. The SMILES string of the molecule is N#Cc1ccc(C[C@H](NC(=O)c2cccc(C(F)(F)F)c2)C(N)=O)cc1. The zero-order valence-electron chi connectivity index (χ0n) is 13.4. The first-order chi connectivity index (χ1) is 12.2. The standard InChI is InChI=1S/C18H14F3N3O2/c19-18(20,21)14-3-1-2-13(9-14)17(26)24-15(16(23)25)8-11-4-6-12(10-22)7-5-11/h1-7,9,15H,8H2,(H2,23,25)(H,24,26)/t15-/m0/s1. The summed E-state index contributed by atoms with van der Waals surface area (Å²) < 4.78 is 38.2. The van der Waals surface area contributed by atoms with E-state index in [0.29, 0.717) is 17.2 Å². The zero-order valence-corrected chi connectivity index (χ0v) is 13.4. The van der Waals surface area contributed by atoms with Gasteiger partial charge in [0.05, 0.1) is 17.2 Å². The number of amides is 2. The quantitative estimate of drug-likeness (QED) is 0.856. The number of rotatable bonds is 5. The minimum absolute atomic E-state index is 0.0474. The van der Waals surface area contributed by atoms with E-state index in [1.807, 2.05) is 6.07 Å². The van der Waals surface area contributed by atoms with Gasteiger partial charge >= 0.3 is 6.18 Å². The summed E-state index contributed by atoms with van der Waals surface area (Å²) in [5, 5.41) is 11.1. The van der Waals surface area contributed by atoms with Gasteiger partial charge in [-0.05, 0) is 35.9 Å². The van der Waals surface area contributed by atoms with Gasteiger partial charge < -0.3 is 11.1 Å². The lowest BCUT2D eigenvalue weighted by Crippen LogP contribution is -2.45. The Labute approximate surface area is 147 Å². The molecule has 1 atom stereocenters. The molecule has 26 heavy (non-hydrogen) atoms. The number of nitrogens with one attached hydrogen (secondary N) is 1. The fourth-order valence-electron chi connectivity index (χ4n) is 2.25. The van der Waals surface area contributed by atoms with Gasteiger partial charge in [0.15, 0.2) is 0 Å². The molecule has 0 saturated carbocycles. The lowest BCUT2D eigenvalue weighted by molar-refractivity contribution is -0.137. The van der Waals surface area contributed by atoms with Gasteiger partial charge in [-0.1, -0.05) is 18.2 Å². The summed E-state index contributed by atoms with van der Waals surface area (Å²) >= 11 is 0. The van der Waals surface area contributed by atoms with Gasteiger partial charge in [-0.25, -0.2) is 0 Å². The second kappa shape index (κ2) is 7.70. The maximum Gasteiger partial charge on any atom is 0.416 e. The Balaban J connectivity index is 2.15. The zero-order chi connectivity index (χ0) is 19.3. The number of carbonyl (C=O) groups is 2. The monoisotopic (exact) mass is 361 g/mol. The van der Waals surface area contributed by atoms with Crippen LogP contribution in [0.5, 0.6) is 0 Å². The van der Waals surface area contributed by atoms with Crippen LogP contribution in [-0.2, 0) is 17.4 Å². The first-order valence-corrected chi connectivity index (χ1v) is 7.47. The first-order valence-electron chi connectivity index (χ1n) is 7.47. The third kappa shape index (κ3) is 4.83. The van der Waals surface area contributed by atoms with Crippen molar-refractivity contribution in [1.29, 1.82) is 5.26 Å².